The number of nitrogen functional groups attached to an aromatic ring is 1. The third-order valence-corrected chi connectivity index (χ3v) is 4.24. The van der Waals surface area contributed by atoms with Gasteiger partial charge in [0.25, 0.3) is 0 Å². The fourth-order valence-corrected chi connectivity index (χ4v) is 3.26. The highest BCUT2D eigenvalue weighted by Gasteiger charge is 2.13. The number of nitrogens with one attached hydrogen (secondary N) is 1. The van der Waals surface area contributed by atoms with Crippen LogP contribution in [0.15, 0.2) is 52.0 Å². The fraction of sp³-hybridized carbons (Fsp3) is 0.154. The van der Waals surface area contributed by atoms with Gasteiger partial charge in [0.15, 0.2) is 0 Å². The summed E-state index contributed by atoms with van der Waals surface area (Å²) >= 11 is 5.17. The number of aromatic nitrogens is 1. The number of thioether (sulfide) groups is 1. The Morgan fingerprint density at radius 2 is 2.16 bits per heavy atom. The number of hydrogen-bond donors (Lipinski definition) is 3. The van der Waals surface area contributed by atoms with Crippen LogP contribution < -0.4 is 17.0 Å². The van der Waals surface area contributed by atoms with Crippen LogP contribution in [-0.2, 0) is 0 Å². The van der Waals surface area contributed by atoms with Gasteiger partial charge in [-0.3, -0.25) is 11.3 Å². The SMILES string of the molecule is NNC(CSc1cccc(Br)c1)c1cccnc1N. The second kappa shape index (κ2) is 6.91. The van der Waals surface area contributed by atoms with Gasteiger partial charge in [-0.1, -0.05) is 28.1 Å². The van der Waals surface area contributed by atoms with Crippen molar-refractivity contribution < 1.29 is 0 Å². The minimum atomic E-state index is -0.0299. The molecule has 6 heteroatoms. The summed E-state index contributed by atoms with van der Waals surface area (Å²) in [7, 11) is 0. The van der Waals surface area contributed by atoms with Crippen molar-refractivity contribution in [1.82, 2.24) is 10.4 Å². The van der Waals surface area contributed by atoms with E-state index in [1.807, 2.05) is 24.3 Å². The van der Waals surface area contributed by atoms with Crippen LogP contribution in [0.1, 0.15) is 11.6 Å². The number of halogens is 1. The second-order valence-electron chi connectivity index (χ2n) is 3.97. The van der Waals surface area contributed by atoms with Crippen LogP contribution in [0, 0.1) is 0 Å². The summed E-state index contributed by atoms with van der Waals surface area (Å²) in [5.41, 5.74) is 9.58. The van der Waals surface area contributed by atoms with Crippen molar-refractivity contribution in [3.8, 4) is 0 Å². The maximum absolute atomic E-state index is 5.87. The first-order valence-corrected chi connectivity index (χ1v) is 7.53. The van der Waals surface area contributed by atoms with Crippen LogP contribution in [0.5, 0.6) is 0 Å². The molecule has 1 atom stereocenters. The Bertz CT molecular complexity index is 550. The minimum absolute atomic E-state index is 0.0299. The zero-order chi connectivity index (χ0) is 13.7. The Labute approximate surface area is 125 Å². The maximum Gasteiger partial charge on any atom is 0.128 e. The van der Waals surface area contributed by atoms with Crippen LogP contribution in [-0.4, -0.2) is 10.7 Å². The summed E-state index contributed by atoms with van der Waals surface area (Å²) in [6.45, 7) is 0. The standard InChI is InChI=1S/C13H15BrN4S/c14-9-3-1-4-10(7-9)19-8-12(18-16)11-5-2-6-17-13(11)15/h1-7,12,18H,8,16H2,(H2,15,17). The molecule has 0 amide bonds. The average Bonchev–Trinajstić information content (AvgIpc) is 2.41. The zero-order valence-electron chi connectivity index (χ0n) is 10.2. The molecule has 0 bridgehead atoms. The smallest absolute Gasteiger partial charge is 0.128 e. The van der Waals surface area contributed by atoms with Crippen molar-refractivity contribution in [2.75, 3.05) is 11.5 Å². The highest BCUT2D eigenvalue weighted by Crippen LogP contribution is 2.27. The summed E-state index contributed by atoms with van der Waals surface area (Å²) in [6.07, 6.45) is 1.67. The Balaban J connectivity index is 2.06. The van der Waals surface area contributed by atoms with E-state index in [-0.39, 0.29) is 6.04 Å². The highest BCUT2D eigenvalue weighted by atomic mass is 79.9. The first-order chi connectivity index (χ1) is 9.20. The van der Waals surface area contributed by atoms with E-state index in [0.29, 0.717) is 5.82 Å². The third-order valence-electron chi connectivity index (χ3n) is 2.66. The predicted octanol–water partition coefficient (Wildman–Crippen LogP) is 2.72. The van der Waals surface area contributed by atoms with E-state index in [1.165, 1.54) is 4.90 Å². The Morgan fingerprint density at radius 3 is 2.84 bits per heavy atom. The molecule has 0 aliphatic rings. The number of hydrogen-bond acceptors (Lipinski definition) is 5. The van der Waals surface area contributed by atoms with Crippen molar-refractivity contribution in [3.63, 3.8) is 0 Å². The van der Waals surface area contributed by atoms with Crippen LogP contribution in [0.2, 0.25) is 0 Å². The molecular formula is C13H15BrN4S. The van der Waals surface area contributed by atoms with Crippen molar-refractivity contribution in [2.24, 2.45) is 5.84 Å². The monoisotopic (exact) mass is 338 g/mol. The summed E-state index contributed by atoms with van der Waals surface area (Å²) in [4.78, 5) is 5.26. The molecule has 2 aromatic rings. The maximum atomic E-state index is 5.87. The van der Waals surface area contributed by atoms with Crippen LogP contribution in [0.4, 0.5) is 5.82 Å². The number of nitrogens with zero attached hydrogens (tertiary/aromatic N) is 1. The molecule has 1 aromatic heterocycles. The molecule has 5 N–H and O–H groups in total. The molecule has 0 spiro atoms. The Hall–Kier alpha value is -1.08. The number of anilines is 1. The van der Waals surface area contributed by atoms with Gasteiger partial charge in [0.2, 0.25) is 0 Å². The van der Waals surface area contributed by atoms with Crippen molar-refractivity contribution in [2.45, 2.75) is 10.9 Å². The van der Waals surface area contributed by atoms with Crippen molar-refractivity contribution in [3.05, 3.63) is 52.6 Å². The topological polar surface area (TPSA) is 77.0 Å². The average molecular weight is 339 g/mol. The molecule has 0 aliphatic carbocycles. The summed E-state index contributed by atoms with van der Waals surface area (Å²) in [5, 5.41) is 0. The minimum Gasteiger partial charge on any atom is -0.383 e. The van der Waals surface area contributed by atoms with Gasteiger partial charge in [-0.15, -0.1) is 11.8 Å². The predicted molar refractivity (Wildman–Crippen MR) is 83.6 cm³/mol. The van der Waals surface area contributed by atoms with E-state index in [2.05, 4.69) is 38.5 Å². The van der Waals surface area contributed by atoms with Crippen LogP contribution in [0.3, 0.4) is 0 Å². The number of nitrogens with two attached hydrogens (primary N) is 2. The summed E-state index contributed by atoms with van der Waals surface area (Å²) in [5.74, 6) is 6.91. The largest absolute Gasteiger partial charge is 0.383 e. The highest BCUT2D eigenvalue weighted by molar-refractivity contribution is 9.10. The van der Waals surface area contributed by atoms with Gasteiger partial charge in [-0.25, -0.2) is 4.98 Å². The first kappa shape index (κ1) is 14.3. The second-order valence-corrected chi connectivity index (χ2v) is 5.97. The van der Waals surface area contributed by atoms with E-state index >= 15 is 0 Å². The van der Waals surface area contributed by atoms with Gasteiger partial charge in [0.05, 0.1) is 6.04 Å². The van der Waals surface area contributed by atoms with Crippen LogP contribution >= 0.6 is 27.7 Å². The van der Waals surface area contributed by atoms with Gasteiger partial charge in [-0.2, -0.15) is 0 Å². The summed E-state index contributed by atoms with van der Waals surface area (Å²) in [6, 6.07) is 11.9. The molecule has 2 rings (SSSR count). The van der Waals surface area contributed by atoms with Gasteiger partial charge < -0.3 is 5.73 Å². The molecule has 1 unspecified atom stereocenters. The lowest BCUT2D eigenvalue weighted by Crippen LogP contribution is -2.30. The molecule has 4 nitrogen and oxygen atoms in total. The summed E-state index contributed by atoms with van der Waals surface area (Å²) < 4.78 is 1.07. The Kier molecular flexibility index (Phi) is 5.21. The molecular weight excluding hydrogens is 324 g/mol. The van der Waals surface area contributed by atoms with Gasteiger partial charge in [-0.05, 0) is 24.3 Å². The lowest BCUT2D eigenvalue weighted by Gasteiger charge is -2.17. The third kappa shape index (κ3) is 3.94. The van der Waals surface area contributed by atoms with E-state index in [9.17, 15) is 0 Å². The molecule has 0 fully saturated rings. The Morgan fingerprint density at radius 1 is 1.32 bits per heavy atom. The molecule has 19 heavy (non-hydrogen) atoms. The molecule has 0 saturated carbocycles. The lowest BCUT2D eigenvalue weighted by molar-refractivity contribution is 0.610. The molecule has 1 aromatic carbocycles. The fourth-order valence-electron chi connectivity index (χ4n) is 1.69. The molecule has 100 valence electrons. The van der Waals surface area contributed by atoms with Crippen molar-refractivity contribution >= 4 is 33.5 Å². The first-order valence-electron chi connectivity index (χ1n) is 5.75. The van der Waals surface area contributed by atoms with E-state index < -0.39 is 0 Å². The molecule has 0 radical (unpaired) electrons. The number of hydrazine groups is 1. The molecule has 0 aliphatic heterocycles. The number of benzene rings is 1. The normalized spacial score (nSPS) is 12.3. The molecule has 1 heterocycles. The van der Waals surface area contributed by atoms with Gasteiger partial charge >= 0.3 is 0 Å². The van der Waals surface area contributed by atoms with Crippen molar-refractivity contribution in [1.29, 1.82) is 0 Å². The number of rotatable bonds is 5. The number of pyridine rings is 1. The lowest BCUT2D eigenvalue weighted by atomic mass is 10.1. The van der Waals surface area contributed by atoms with Crippen LogP contribution in [0.25, 0.3) is 0 Å². The molecule has 0 saturated heterocycles. The zero-order valence-corrected chi connectivity index (χ0v) is 12.6. The quantitative estimate of drug-likeness (QED) is 0.444. The van der Waals surface area contributed by atoms with E-state index in [1.54, 1.807) is 18.0 Å². The van der Waals surface area contributed by atoms with Gasteiger partial charge in [0.1, 0.15) is 5.82 Å². The van der Waals surface area contributed by atoms with E-state index in [4.69, 9.17) is 11.6 Å². The van der Waals surface area contributed by atoms with E-state index in [0.717, 1.165) is 15.8 Å². The van der Waals surface area contributed by atoms with Gasteiger partial charge in [0, 0.05) is 26.9 Å².